The number of rotatable bonds is 5. The fourth-order valence-electron chi connectivity index (χ4n) is 4.16. The molecule has 0 saturated carbocycles. The molecule has 0 amide bonds. The third-order valence-corrected chi connectivity index (χ3v) is 5.75. The molecule has 1 atom stereocenters. The summed E-state index contributed by atoms with van der Waals surface area (Å²) in [5.41, 5.74) is 2.26. The molecular formula is C27H24N2O5. The maximum Gasteiger partial charge on any atom is 0.308 e. The van der Waals surface area contributed by atoms with Gasteiger partial charge in [0.25, 0.3) is 5.91 Å². The average Bonchev–Trinajstić information content (AvgIpc) is 3.28. The number of hydrogen-bond donors (Lipinski definition) is 0. The minimum Gasteiger partial charge on any atom is -0.490 e. The molecule has 3 aromatic carbocycles. The predicted molar refractivity (Wildman–Crippen MR) is 129 cm³/mol. The van der Waals surface area contributed by atoms with Gasteiger partial charge in [0.15, 0.2) is 0 Å². The van der Waals surface area contributed by atoms with E-state index in [0.29, 0.717) is 34.6 Å². The van der Waals surface area contributed by atoms with Gasteiger partial charge in [-0.05, 0) is 54.6 Å². The summed E-state index contributed by atoms with van der Waals surface area (Å²) < 4.78 is 18.8. The fourth-order valence-corrected chi connectivity index (χ4v) is 4.16. The second-order valence-electron chi connectivity index (χ2n) is 8.20. The van der Waals surface area contributed by atoms with Gasteiger partial charge in [0.05, 0.1) is 17.7 Å². The zero-order valence-electron chi connectivity index (χ0n) is 18.9. The number of esters is 1. The van der Waals surface area contributed by atoms with E-state index in [4.69, 9.17) is 14.2 Å². The molecule has 34 heavy (non-hydrogen) atoms. The van der Waals surface area contributed by atoms with E-state index >= 15 is 0 Å². The molecule has 1 aliphatic rings. The van der Waals surface area contributed by atoms with Crippen LogP contribution in [0.2, 0.25) is 0 Å². The average molecular weight is 456 g/mol. The van der Waals surface area contributed by atoms with Crippen LogP contribution in [0, 0.1) is 0 Å². The molecule has 0 N–H and O–H groups in total. The van der Waals surface area contributed by atoms with Gasteiger partial charge in [0.1, 0.15) is 30.0 Å². The highest BCUT2D eigenvalue weighted by Crippen LogP contribution is 2.32. The molecule has 0 fully saturated rings. The van der Waals surface area contributed by atoms with Gasteiger partial charge in [-0.1, -0.05) is 18.2 Å². The van der Waals surface area contributed by atoms with Crippen LogP contribution in [-0.4, -0.2) is 42.7 Å². The maximum absolute atomic E-state index is 13.1. The summed E-state index contributed by atoms with van der Waals surface area (Å²) in [5.74, 6) is 1.35. The highest BCUT2D eigenvalue weighted by atomic mass is 16.5. The molecule has 2 heterocycles. The molecule has 0 spiro atoms. The minimum atomic E-state index is -0.406. The highest BCUT2D eigenvalue weighted by molar-refractivity contribution is 6.03. The van der Waals surface area contributed by atoms with E-state index in [1.165, 1.54) is 6.92 Å². The number of benzene rings is 3. The molecule has 0 bridgehead atoms. The number of hydrogen-bond acceptors (Lipinski definition) is 6. The van der Waals surface area contributed by atoms with Crippen molar-refractivity contribution >= 4 is 28.5 Å². The number of fused-ring (bicyclic) bond motifs is 2. The maximum atomic E-state index is 13.1. The third kappa shape index (κ3) is 4.20. The van der Waals surface area contributed by atoms with Crippen molar-refractivity contribution in [1.29, 1.82) is 0 Å². The van der Waals surface area contributed by atoms with E-state index in [1.54, 1.807) is 53.2 Å². The van der Waals surface area contributed by atoms with E-state index in [9.17, 15) is 9.59 Å². The molecule has 0 radical (unpaired) electrons. The molecule has 0 unspecified atom stereocenters. The van der Waals surface area contributed by atoms with Gasteiger partial charge in [-0.25, -0.2) is 0 Å². The zero-order valence-corrected chi connectivity index (χ0v) is 18.9. The van der Waals surface area contributed by atoms with Crippen LogP contribution < -0.4 is 19.1 Å². The first-order valence-electron chi connectivity index (χ1n) is 11.0. The summed E-state index contributed by atoms with van der Waals surface area (Å²) in [5, 5.41) is 0.699. The molecule has 0 saturated heterocycles. The Morgan fingerprint density at radius 1 is 1.00 bits per heavy atom. The molecule has 7 heteroatoms. The number of para-hydroxylation sites is 2. The first-order chi connectivity index (χ1) is 16.5. The second-order valence-corrected chi connectivity index (χ2v) is 8.20. The van der Waals surface area contributed by atoms with Crippen LogP contribution in [0.15, 0.2) is 79.0 Å². The summed E-state index contributed by atoms with van der Waals surface area (Å²) >= 11 is 0. The van der Waals surface area contributed by atoms with Crippen LogP contribution in [0.25, 0.3) is 10.9 Å². The Labute approximate surface area is 197 Å². The van der Waals surface area contributed by atoms with Gasteiger partial charge in [0.2, 0.25) is 0 Å². The number of carbonyl (C=O) groups excluding carboxylic acids is 2. The monoisotopic (exact) mass is 456 g/mol. The number of ether oxygens (including phenoxy) is 3. The Kier molecular flexibility index (Phi) is 5.67. The van der Waals surface area contributed by atoms with Crippen LogP contribution in [0.5, 0.6) is 17.2 Å². The number of nitrogens with zero attached hydrogens (tertiary/aromatic N) is 2. The van der Waals surface area contributed by atoms with Crippen molar-refractivity contribution in [3.63, 3.8) is 0 Å². The van der Waals surface area contributed by atoms with Crippen molar-refractivity contribution < 1.29 is 23.8 Å². The SMILES string of the molecule is CC(=O)Oc1cccc2c1ccn2C(=O)c1ccc(OC[C@@H]2CN(C)c3ccccc3O2)cc1. The molecule has 1 aliphatic heterocycles. The lowest BCUT2D eigenvalue weighted by Crippen LogP contribution is -2.41. The molecule has 4 aromatic rings. The van der Waals surface area contributed by atoms with Crippen LogP contribution >= 0.6 is 0 Å². The van der Waals surface area contributed by atoms with E-state index < -0.39 is 5.97 Å². The highest BCUT2D eigenvalue weighted by Gasteiger charge is 2.23. The van der Waals surface area contributed by atoms with Crippen molar-refractivity contribution in [3.8, 4) is 17.2 Å². The van der Waals surface area contributed by atoms with Crippen molar-refractivity contribution in [2.75, 3.05) is 25.1 Å². The van der Waals surface area contributed by atoms with Crippen molar-refractivity contribution in [2.45, 2.75) is 13.0 Å². The predicted octanol–water partition coefficient (Wildman–Crippen LogP) is 4.53. The Bertz CT molecular complexity index is 1360. The van der Waals surface area contributed by atoms with Gasteiger partial charge in [0, 0.05) is 31.1 Å². The molecule has 7 nitrogen and oxygen atoms in total. The van der Waals surface area contributed by atoms with Crippen molar-refractivity contribution in [3.05, 3.63) is 84.6 Å². The van der Waals surface area contributed by atoms with Crippen LogP contribution in [0.1, 0.15) is 17.3 Å². The fraction of sp³-hybridized carbons (Fsp3) is 0.185. The Morgan fingerprint density at radius 3 is 2.59 bits per heavy atom. The number of carbonyl (C=O) groups is 2. The summed E-state index contributed by atoms with van der Waals surface area (Å²) in [6.45, 7) is 2.47. The summed E-state index contributed by atoms with van der Waals surface area (Å²) in [6.07, 6.45) is 1.58. The minimum absolute atomic E-state index is 0.0983. The second kappa shape index (κ2) is 8.94. The third-order valence-electron chi connectivity index (χ3n) is 5.75. The summed E-state index contributed by atoms with van der Waals surface area (Å²) in [6, 6.07) is 22.0. The van der Waals surface area contributed by atoms with Gasteiger partial charge in [-0.2, -0.15) is 0 Å². The number of aromatic nitrogens is 1. The van der Waals surface area contributed by atoms with E-state index in [2.05, 4.69) is 4.90 Å². The zero-order chi connectivity index (χ0) is 23.7. The first kappa shape index (κ1) is 21.6. The van der Waals surface area contributed by atoms with Crippen molar-refractivity contribution in [1.82, 2.24) is 4.57 Å². The first-order valence-corrected chi connectivity index (χ1v) is 11.0. The number of likely N-dealkylation sites (N-methyl/N-ethyl adjacent to an activating group) is 1. The lowest BCUT2D eigenvalue weighted by atomic mass is 10.2. The van der Waals surface area contributed by atoms with E-state index in [0.717, 1.165) is 18.0 Å². The van der Waals surface area contributed by atoms with Gasteiger partial charge < -0.3 is 19.1 Å². The Hall–Kier alpha value is -4.26. The molecule has 1 aromatic heterocycles. The lowest BCUT2D eigenvalue weighted by Gasteiger charge is -2.33. The molecule has 0 aliphatic carbocycles. The lowest BCUT2D eigenvalue weighted by molar-refractivity contribution is -0.131. The summed E-state index contributed by atoms with van der Waals surface area (Å²) in [4.78, 5) is 26.6. The quantitative estimate of drug-likeness (QED) is 0.325. The van der Waals surface area contributed by atoms with E-state index in [1.807, 2.05) is 37.4 Å². The number of anilines is 1. The van der Waals surface area contributed by atoms with Gasteiger partial charge in [-0.3, -0.25) is 14.2 Å². The van der Waals surface area contributed by atoms with E-state index in [-0.39, 0.29) is 12.0 Å². The molecule has 172 valence electrons. The largest absolute Gasteiger partial charge is 0.490 e. The molecular weight excluding hydrogens is 432 g/mol. The standard InChI is InChI=1S/C27H24N2O5/c1-18(30)33-25-9-5-7-23-22(25)14-15-29(23)27(31)19-10-12-20(13-11-19)32-17-21-16-28(2)24-6-3-4-8-26(24)34-21/h3-15,21H,16-17H2,1-2H3/t21-/m0/s1. The van der Waals surface area contributed by atoms with Crippen LogP contribution in [0.3, 0.4) is 0 Å². The van der Waals surface area contributed by atoms with Crippen LogP contribution in [-0.2, 0) is 4.79 Å². The van der Waals surface area contributed by atoms with Crippen molar-refractivity contribution in [2.24, 2.45) is 0 Å². The van der Waals surface area contributed by atoms with Gasteiger partial charge in [-0.15, -0.1) is 0 Å². The Balaban J connectivity index is 1.27. The summed E-state index contributed by atoms with van der Waals surface area (Å²) in [7, 11) is 2.04. The Morgan fingerprint density at radius 2 is 1.79 bits per heavy atom. The van der Waals surface area contributed by atoms with Gasteiger partial charge >= 0.3 is 5.97 Å². The topological polar surface area (TPSA) is 70.0 Å². The van der Waals surface area contributed by atoms with Crippen LogP contribution in [0.4, 0.5) is 5.69 Å². The normalized spacial score (nSPS) is 14.9. The molecule has 5 rings (SSSR count). The smallest absolute Gasteiger partial charge is 0.308 e.